The summed E-state index contributed by atoms with van der Waals surface area (Å²) in [5.74, 6) is 0.938. The van der Waals surface area contributed by atoms with Crippen LogP contribution in [-0.4, -0.2) is 52.9 Å². The molecule has 1 atom stereocenters. The van der Waals surface area contributed by atoms with E-state index < -0.39 is 16.1 Å². The van der Waals surface area contributed by atoms with Gasteiger partial charge in [0.15, 0.2) is 0 Å². The van der Waals surface area contributed by atoms with Crippen molar-refractivity contribution in [1.82, 2.24) is 9.78 Å². The van der Waals surface area contributed by atoms with Crippen LogP contribution in [0.4, 0.5) is 5.69 Å². The Morgan fingerprint density at radius 1 is 1.08 bits per heavy atom. The van der Waals surface area contributed by atoms with E-state index in [0.717, 1.165) is 64.3 Å². The number of halogens is 1. The molecule has 3 rings (SSSR count). The number of nitrogens with one attached hydrogen (secondary N) is 1. The molecule has 0 radical (unpaired) electrons. The number of aryl methyl sites for hydroxylation is 2. The Kier molecular flexibility index (Phi) is 10.8. The van der Waals surface area contributed by atoms with Gasteiger partial charge in [0.2, 0.25) is 5.91 Å². The molecule has 8 heteroatoms. The van der Waals surface area contributed by atoms with Gasteiger partial charge in [-0.25, -0.2) is 14.7 Å². The fourth-order valence-electron chi connectivity index (χ4n) is 4.13. The average Bonchev–Trinajstić information content (AvgIpc) is 3.13. The number of anilines is 1. The third-order valence-corrected chi connectivity index (χ3v) is 8.28. The maximum Gasteiger partial charge on any atom is 0.241 e. The molecule has 1 amide bonds. The van der Waals surface area contributed by atoms with Gasteiger partial charge in [0.1, 0.15) is 6.73 Å². The molecule has 0 saturated heterocycles. The summed E-state index contributed by atoms with van der Waals surface area (Å²) in [6.45, 7) is 5.29. The van der Waals surface area contributed by atoms with Crippen molar-refractivity contribution in [3.05, 3.63) is 70.0 Å². The van der Waals surface area contributed by atoms with Gasteiger partial charge in [-0.3, -0.25) is 4.79 Å². The number of amides is 1. The lowest BCUT2D eigenvalue weighted by molar-refractivity contribution is -0.117. The van der Waals surface area contributed by atoms with Crippen LogP contribution in [-0.2, 0) is 22.7 Å². The number of carbonyl (C=O) groups excluding carboxylic acids is 1. The van der Waals surface area contributed by atoms with Crippen molar-refractivity contribution in [1.29, 1.82) is 0 Å². The molecule has 3 aromatic rings. The van der Waals surface area contributed by atoms with E-state index in [9.17, 15) is 4.79 Å². The minimum Gasteiger partial charge on any atom is -0.358 e. The van der Waals surface area contributed by atoms with Gasteiger partial charge in [-0.05, 0) is 87.3 Å². The van der Waals surface area contributed by atoms with E-state index in [0.29, 0.717) is 13.2 Å². The first-order chi connectivity index (χ1) is 17.5. The first-order valence-corrected chi connectivity index (χ1v) is 16.5. The SMILES string of the molecule is Cc1nn(COCCS(C)(C)C)c(C)c1-c1ccc(NC(=O)C(N)CCCCc2ccc(Br)cc2)cc1. The number of nitrogens with two attached hydrogens (primary N) is 1. The highest BCUT2D eigenvalue weighted by Crippen LogP contribution is 2.33. The Morgan fingerprint density at radius 3 is 2.41 bits per heavy atom. The molecule has 0 aliphatic rings. The molecule has 0 aliphatic heterocycles. The maximum absolute atomic E-state index is 12.6. The summed E-state index contributed by atoms with van der Waals surface area (Å²) in [6, 6.07) is 15.7. The summed E-state index contributed by atoms with van der Waals surface area (Å²) in [5.41, 5.74) is 12.4. The Balaban J connectivity index is 1.49. The van der Waals surface area contributed by atoms with E-state index in [-0.39, 0.29) is 5.91 Å². The first-order valence-electron chi connectivity index (χ1n) is 12.7. The Hall–Kier alpha value is -2.13. The molecule has 2 aromatic carbocycles. The van der Waals surface area contributed by atoms with E-state index in [1.807, 2.05) is 35.9 Å². The molecule has 0 aliphatic carbocycles. The van der Waals surface area contributed by atoms with Gasteiger partial charge in [0, 0.05) is 27.2 Å². The summed E-state index contributed by atoms with van der Waals surface area (Å²) in [4.78, 5) is 12.6. The molecular formula is C29H41BrN4O2S. The van der Waals surface area contributed by atoms with E-state index >= 15 is 0 Å². The van der Waals surface area contributed by atoms with Crippen LogP contribution >= 0.6 is 26.0 Å². The van der Waals surface area contributed by atoms with Gasteiger partial charge in [-0.1, -0.05) is 46.6 Å². The van der Waals surface area contributed by atoms with Gasteiger partial charge in [-0.15, -0.1) is 0 Å². The molecule has 37 heavy (non-hydrogen) atoms. The number of benzene rings is 2. The van der Waals surface area contributed by atoms with Crippen LogP contribution in [0.25, 0.3) is 11.1 Å². The van der Waals surface area contributed by atoms with Gasteiger partial charge < -0.3 is 15.8 Å². The molecule has 1 aromatic heterocycles. The highest BCUT2D eigenvalue weighted by Gasteiger charge is 2.16. The van der Waals surface area contributed by atoms with Gasteiger partial charge in [0.25, 0.3) is 0 Å². The lowest BCUT2D eigenvalue weighted by Gasteiger charge is -2.24. The highest BCUT2D eigenvalue weighted by atomic mass is 79.9. The summed E-state index contributed by atoms with van der Waals surface area (Å²) < 4.78 is 8.90. The van der Waals surface area contributed by atoms with Crippen molar-refractivity contribution in [2.45, 2.75) is 52.3 Å². The van der Waals surface area contributed by atoms with E-state index in [2.05, 4.69) is 76.3 Å². The fourth-order valence-corrected chi connectivity index (χ4v) is 5.01. The zero-order valence-corrected chi connectivity index (χ0v) is 25.1. The monoisotopic (exact) mass is 588 g/mol. The number of unbranched alkanes of at least 4 members (excludes halogenated alkanes) is 1. The number of ether oxygens (including phenoxy) is 1. The summed E-state index contributed by atoms with van der Waals surface area (Å²) in [7, 11) is -0.565. The summed E-state index contributed by atoms with van der Waals surface area (Å²) in [6.07, 6.45) is 10.5. The van der Waals surface area contributed by atoms with Crippen LogP contribution in [0.1, 0.15) is 36.2 Å². The largest absolute Gasteiger partial charge is 0.358 e. The highest BCUT2D eigenvalue weighted by molar-refractivity contribution is 9.10. The zero-order valence-electron chi connectivity index (χ0n) is 22.7. The predicted octanol–water partition coefficient (Wildman–Crippen LogP) is 6.28. The van der Waals surface area contributed by atoms with Crippen LogP contribution in [0.15, 0.2) is 53.0 Å². The number of nitrogens with zero attached hydrogens (tertiary/aromatic N) is 2. The Bertz CT molecular complexity index is 1150. The van der Waals surface area contributed by atoms with Gasteiger partial charge >= 0.3 is 0 Å². The Labute approximate surface area is 231 Å². The van der Waals surface area contributed by atoms with Crippen molar-refractivity contribution in [2.75, 3.05) is 36.4 Å². The van der Waals surface area contributed by atoms with Crippen molar-refractivity contribution in [3.63, 3.8) is 0 Å². The standard InChI is InChI=1S/C29H41BrN4O2S/c1-21-28(22(2)34(33-21)20-36-18-19-37(3,4)5)24-12-16-26(17-13-24)32-29(35)27(31)9-7-6-8-23-10-14-25(30)15-11-23/h10-17,27H,6-9,18-20,31H2,1-5H3,(H,32,35). The summed E-state index contributed by atoms with van der Waals surface area (Å²) in [5, 5.41) is 7.64. The molecular weight excluding hydrogens is 548 g/mol. The van der Waals surface area contributed by atoms with Crippen LogP contribution in [0.5, 0.6) is 0 Å². The van der Waals surface area contributed by atoms with E-state index in [1.54, 1.807) is 0 Å². The van der Waals surface area contributed by atoms with Crippen LogP contribution in [0.3, 0.4) is 0 Å². The third-order valence-electron chi connectivity index (χ3n) is 6.36. The molecule has 202 valence electrons. The molecule has 0 saturated carbocycles. The predicted molar refractivity (Wildman–Crippen MR) is 162 cm³/mol. The summed E-state index contributed by atoms with van der Waals surface area (Å²) >= 11 is 3.46. The van der Waals surface area contributed by atoms with Crippen molar-refractivity contribution in [2.24, 2.45) is 5.73 Å². The second-order valence-electron chi connectivity index (χ2n) is 10.4. The van der Waals surface area contributed by atoms with Crippen LogP contribution < -0.4 is 11.1 Å². The number of rotatable bonds is 13. The molecule has 0 spiro atoms. The first kappa shape index (κ1) is 29.4. The fraction of sp³-hybridized carbons (Fsp3) is 0.448. The second-order valence-corrected chi connectivity index (χ2v) is 15.9. The lowest BCUT2D eigenvalue weighted by Crippen LogP contribution is -2.35. The topological polar surface area (TPSA) is 82.2 Å². The van der Waals surface area contributed by atoms with Crippen molar-refractivity contribution >= 4 is 37.6 Å². The zero-order chi connectivity index (χ0) is 27.0. The molecule has 1 unspecified atom stereocenters. The molecule has 0 fully saturated rings. The number of carbonyl (C=O) groups is 1. The molecule has 6 nitrogen and oxygen atoms in total. The minimum absolute atomic E-state index is 0.147. The normalized spacial score (nSPS) is 12.9. The van der Waals surface area contributed by atoms with Gasteiger partial charge in [0.05, 0.1) is 18.3 Å². The molecule has 3 N–H and O–H groups in total. The van der Waals surface area contributed by atoms with Crippen LogP contribution in [0.2, 0.25) is 0 Å². The van der Waals surface area contributed by atoms with Crippen molar-refractivity contribution in [3.8, 4) is 11.1 Å². The number of hydrogen-bond acceptors (Lipinski definition) is 4. The van der Waals surface area contributed by atoms with E-state index in [4.69, 9.17) is 10.5 Å². The third kappa shape index (κ3) is 9.28. The smallest absolute Gasteiger partial charge is 0.241 e. The lowest BCUT2D eigenvalue weighted by atomic mass is 10.0. The number of hydrogen-bond donors (Lipinski definition) is 2. The quantitative estimate of drug-likeness (QED) is 0.230. The van der Waals surface area contributed by atoms with E-state index in [1.165, 1.54) is 5.56 Å². The van der Waals surface area contributed by atoms with Crippen LogP contribution in [0, 0.1) is 13.8 Å². The molecule has 1 heterocycles. The Morgan fingerprint density at radius 2 is 1.76 bits per heavy atom. The average molecular weight is 590 g/mol. The molecule has 0 bridgehead atoms. The second kappa shape index (κ2) is 13.6. The minimum atomic E-state index is -0.565. The van der Waals surface area contributed by atoms with Gasteiger partial charge in [-0.2, -0.15) is 5.10 Å². The maximum atomic E-state index is 12.6. The van der Waals surface area contributed by atoms with Crippen molar-refractivity contribution < 1.29 is 9.53 Å². The number of aromatic nitrogens is 2.